The van der Waals surface area contributed by atoms with Crippen LogP contribution in [0.2, 0.25) is 0 Å². The number of azo groups is 1. The van der Waals surface area contributed by atoms with Crippen molar-refractivity contribution in [3.8, 4) is 5.88 Å². The smallest absolute Gasteiger partial charge is 0.283 e. The number of nitrogens with zero attached hydrogens (tertiary/aromatic N) is 3. The molecule has 0 aliphatic heterocycles. The summed E-state index contributed by atoms with van der Waals surface area (Å²) in [6, 6.07) is 7.18. The van der Waals surface area contributed by atoms with E-state index in [1.807, 2.05) is 0 Å². The molecule has 11 nitrogen and oxygen atoms in total. The average molecular weight is 383 g/mol. The van der Waals surface area contributed by atoms with Gasteiger partial charge in [0.25, 0.3) is 11.6 Å². The Kier molecular flexibility index (Phi) is 5.25. The first-order valence-electron chi connectivity index (χ1n) is 7.87. The van der Waals surface area contributed by atoms with Crippen molar-refractivity contribution in [2.24, 2.45) is 10.2 Å². The summed E-state index contributed by atoms with van der Waals surface area (Å²) in [5.41, 5.74) is 0.0711. The van der Waals surface area contributed by atoms with Gasteiger partial charge in [0, 0.05) is 23.6 Å². The first kappa shape index (κ1) is 18.5. The minimum Gasteiger partial charge on any atom is -0.493 e. The van der Waals surface area contributed by atoms with Gasteiger partial charge in [-0.25, -0.2) is 0 Å². The number of aromatic hydroxyl groups is 1. The molecule has 28 heavy (non-hydrogen) atoms. The molecule has 11 heteroatoms. The van der Waals surface area contributed by atoms with Crippen LogP contribution in [0.5, 0.6) is 5.88 Å². The molecule has 142 valence electrons. The zero-order chi connectivity index (χ0) is 20.1. The average Bonchev–Trinajstić information content (AvgIpc) is 3.29. The molecule has 0 saturated carbocycles. The summed E-state index contributed by atoms with van der Waals surface area (Å²) >= 11 is 0. The molecule has 0 atom stereocenters. The van der Waals surface area contributed by atoms with Crippen molar-refractivity contribution in [3.05, 3.63) is 58.5 Å². The van der Waals surface area contributed by atoms with Gasteiger partial charge in [-0.1, -0.05) is 0 Å². The Balaban J connectivity index is 1.65. The van der Waals surface area contributed by atoms with Gasteiger partial charge in [0.05, 0.1) is 16.7 Å². The predicted molar refractivity (Wildman–Crippen MR) is 96.9 cm³/mol. The van der Waals surface area contributed by atoms with Gasteiger partial charge in [-0.2, -0.15) is 0 Å². The van der Waals surface area contributed by atoms with Crippen LogP contribution >= 0.6 is 0 Å². The monoisotopic (exact) mass is 383 g/mol. The van der Waals surface area contributed by atoms with E-state index in [1.54, 1.807) is 12.1 Å². The van der Waals surface area contributed by atoms with Gasteiger partial charge in [-0.05, 0) is 24.3 Å². The van der Waals surface area contributed by atoms with Crippen LogP contribution < -0.4 is 5.32 Å². The lowest BCUT2D eigenvalue weighted by Gasteiger charge is -1.97. The molecule has 0 spiro atoms. The molecule has 2 heterocycles. The van der Waals surface area contributed by atoms with Crippen LogP contribution in [0.1, 0.15) is 5.76 Å². The number of nitrogens with one attached hydrogen (secondary N) is 2. The first-order chi connectivity index (χ1) is 13.4. The molecule has 0 saturated heterocycles. The highest BCUT2D eigenvalue weighted by molar-refractivity contribution is 5.96. The molecule has 3 rings (SSSR count). The molecule has 3 N–H and O–H groups in total. The van der Waals surface area contributed by atoms with Crippen LogP contribution in [0, 0.1) is 10.1 Å². The van der Waals surface area contributed by atoms with E-state index in [0.717, 1.165) is 0 Å². The molecular weight excluding hydrogens is 370 g/mol. The Morgan fingerprint density at radius 2 is 2.18 bits per heavy atom. The number of furan rings is 1. The van der Waals surface area contributed by atoms with Crippen LogP contribution in [0.3, 0.4) is 0 Å². The Labute approximate surface area is 156 Å². The van der Waals surface area contributed by atoms with Crippen molar-refractivity contribution in [2.45, 2.75) is 0 Å². The molecule has 2 aromatic heterocycles. The van der Waals surface area contributed by atoms with Gasteiger partial charge < -0.3 is 19.8 Å². The fourth-order valence-electron chi connectivity index (χ4n) is 2.27. The number of aromatic amines is 1. The second-order valence-corrected chi connectivity index (χ2v) is 5.47. The quantitative estimate of drug-likeness (QED) is 0.256. The molecule has 1 aromatic carbocycles. The third kappa shape index (κ3) is 4.27. The van der Waals surface area contributed by atoms with E-state index in [2.05, 4.69) is 20.5 Å². The molecular formula is C17H13N5O6. The zero-order valence-electron chi connectivity index (χ0n) is 14.2. The van der Waals surface area contributed by atoms with Gasteiger partial charge in [-0.3, -0.25) is 19.7 Å². The number of fused-ring (bicyclic) bond motifs is 1. The lowest BCUT2D eigenvalue weighted by molar-refractivity contribution is -0.384. The molecule has 2 amide bonds. The third-order valence-corrected chi connectivity index (χ3v) is 3.56. The summed E-state index contributed by atoms with van der Waals surface area (Å²) in [6.07, 6.45) is 4.07. The number of carbonyl (C=O) groups is 2. The van der Waals surface area contributed by atoms with Crippen molar-refractivity contribution in [1.29, 1.82) is 0 Å². The SMILES string of the molecule is O=C(CNC(=O)C=Cc1ccco1)N=Nc1c(O)[nH]c2ccc([N+](=O)[O-])cc12. The fraction of sp³-hybridized carbons (Fsp3) is 0.0588. The fourth-order valence-corrected chi connectivity index (χ4v) is 2.27. The minimum atomic E-state index is -0.779. The Hall–Kier alpha value is -4.28. The van der Waals surface area contributed by atoms with E-state index in [-0.39, 0.29) is 16.8 Å². The van der Waals surface area contributed by atoms with Crippen molar-refractivity contribution in [1.82, 2.24) is 10.3 Å². The number of rotatable bonds is 6. The normalized spacial score (nSPS) is 11.4. The van der Waals surface area contributed by atoms with Gasteiger partial charge in [0.15, 0.2) is 5.69 Å². The lowest BCUT2D eigenvalue weighted by Crippen LogP contribution is -2.26. The summed E-state index contributed by atoms with van der Waals surface area (Å²) in [5, 5.41) is 30.4. The highest BCUT2D eigenvalue weighted by atomic mass is 16.6. The predicted octanol–water partition coefficient (Wildman–Crippen LogP) is 2.81. The van der Waals surface area contributed by atoms with Gasteiger partial charge in [0.1, 0.15) is 12.3 Å². The van der Waals surface area contributed by atoms with E-state index in [4.69, 9.17) is 4.42 Å². The van der Waals surface area contributed by atoms with Crippen molar-refractivity contribution in [3.63, 3.8) is 0 Å². The molecule has 0 radical (unpaired) electrons. The largest absolute Gasteiger partial charge is 0.493 e. The Bertz CT molecular complexity index is 1100. The van der Waals surface area contributed by atoms with Crippen LogP contribution in [-0.2, 0) is 9.59 Å². The summed E-state index contributed by atoms with van der Waals surface area (Å²) in [7, 11) is 0. The number of nitro benzene ring substituents is 1. The maximum atomic E-state index is 11.8. The van der Waals surface area contributed by atoms with E-state index in [1.165, 1.54) is 36.6 Å². The first-order valence-corrected chi connectivity index (χ1v) is 7.87. The summed E-state index contributed by atoms with van der Waals surface area (Å²) in [4.78, 5) is 36.3. The molecule has 0 bridgehead atoms. The number of benzene rings is 1. The van der Waals surface area contributed by atoms with Gasteiger partial charge >= 0.3 is 0 Å². The number of non-ortho nitro benzene ring substituents is 1. The second kappa shape index (κ2) is 7.95. The standard InChI is InChI=1S/C17H13N5O6/c23-14(6-4-11-2-1-7-28-11)18-9-15(24)20-21-16-12-8-10(22(26)27)3-5-13(12)19-17(16)25/h1-8,19,25H,9H2,(H,18,23). The summed E-state index contributed by atoms with van der Waals surface area (Å²) < 4.78 is 5.02. The number of nitro groups is 1. The van der Waals surface area contributed by atoms with Crippen LogP contribution in [0.15, 0.2) is 57.3 Å². The van der Waals surface area contributed by atoms with E-state index in [9.17, 15) is 24.8 Å². The highest BCUT2D eigenvalue weighted by Gasteiger charge is 2.15. The van der Waals surface area contributed by atoms with Gasteiger partial charge in [-0.15, -0.1) is 10.2 Å². The number of aromatic nitrogens is 1. The Morgan fingerprint density at radius 3 is 2.89 bits per heavy atom. The van der Waals surface area contributed by atoms with Crippen LogP contribution in [0.25, 0.3) is 17.0 Å². The van der Waals surface area contributed by atoms with Crippen LogP contribution in [0.4, 0.5) is 11.4 Å². The maximum absolute atomic E-state index is 11.8. The molecule has 0 aliphatic carbocycles. The van der Waals surface area contributed by atoms with E-state index in [0.29, 0.717) is 11.3 Å². The number of hydrogen-bond donors (Lipinski definition) is 3. The summed E-state index contributed by atoms with van der Waals surface area (Å²) in [5.74, 6) is -1.23. The van der Waals surface area contributed by atoms with Crippen molar-refractivity contribution in [2.75, 3.05) is 6.54 Å². The minimum absolute atomic E-state index is 0.115. The number of amides is 2. The molecule has 0 aliphatic rings. The van der Waals surface area contributed by atoms with Crippen LogP contribution in [-0.4, -0.2) is 33.4 Å². The van der Waals surface area contributed by atoms with Crippen molar-refractivity contribution < 1.29 is 24.0 Å². The maximum Gasteiger partial charge on any atom is 0.283 e. The molecule has 0 unspecified atom stereocenters. The lowest BCUT2D eigenvalue weighted by atomic mass is 10.2. The molecule has 0 fully saturated rings. The highest BCUT2D eigenvalue weighted by Crippen LogP contribution is 2.37. The van der Waals surface area contributed by atoms with E-state index < -0.39 is 29.2 Å². The second-order valence-electron chi connectivity index (χ2n) is 5.47. The van der Waals surface area contributed by atoms with E-state index >= 15 is 0 Å². The Morgan fingerprint density at radius 1 is 1.36 bits per heavy atom. The topological polar surface area (TPSA) is 163 Å². The third-order valence-electron chi connectivity index (χ3n) is 3.56. The van der Waals surface area contributed by atoms with Gasteiger partial charge in [0.2, 0.25) is 11.8 Å². The number of carbonyl (C=O) groups excluding carboxylic acids is 2. The van der Waals surface area contributed by atoms with Crippen molar-refractivity contribution >= 4 is 40.2 Å². The zero-order valence-corrected chi connectivity index (χ0v) is 14.2. The number of hydrogen-bond acceptors (Lipinski definition) is 7. The molecule has 3 aromatic rings. The number of H-pyrrole nitrogens is 1. The summed E-state index contributed by atoms with van der Waals surface area (Å²) in [6.45, 7) is -0.423.